The standard InChI is InChI=1S/C17H22N4O/c22-17(20-11-4-2-1-3-5-12-20)19-15-8-6-9-16(14-15)21-13-7-10-18-21/h6-10,13-14H,1-5,11-12H2,(H,19,22). The highest BCUT2D eigenvalue weighted by atomic mass is 16.2. The van der Waals surface area contributed by atoms with Crippen LogP contribution < -0.4 is 5.32 Å². The number of likely N-dealkylation sites (tertiary alicyclic amines) is 1. The molecule has 1 N–H and O–H groups in total. The number of carbonyl (C=O) groups excluding carboxylic acids is 1. The van der Waals surface area contributed by atoms with Gasteiger partial charge in [-0.05, 0) is 37.1 Å². The molecule has 0 saturated carbocycles. The minimum atomic E-state index is -0.000449. The van der Waals surface area contributed by atoms with Gasteiger partial charge in [0.25, 0.3) is 0 Å². The lowest BCUT2D eigenvalue weighted by molar-refractivity contribution is 0.206. The number of rotatable bonds is 2. The van der Waals surface area contributed by atoms with Crippen molar-refractivity contribution >= 4 is 11.7 Å². The second-order valence-corrected chi connectivity index (χ2v) is 5.69. The molecular weight excluding hydrogens is 276 g/mol. The number of anilines is 1. The summed E-state index contributed by atoms with van der Waals surface area (Å²) in [6.07, 6.45) is 9.56. The molecule has 1 aromatic carbocycles. The lowest BCUT2D eigenvalue weighted by Crippen LogP contribution is -2.37. The van der Waals surface area contributed by atoms with Gasteiger partial charge in [0.05, 0.1) is 5.69 Å². The topological polar surface area (TPSA) is 50.2 Å². The minimum absolute atomic E-state index is 0.000449. The number of urea groups is 1. The predicted molar refractivity (Wildman–Crippen MR) is 87.2 cm³/mol. The van der Waals surface area contributed by atoms with Crippen molar-refractivity contribution in [2.75, 3.05) is 18.4 Å². The van der Waals surface area contributed by atoms with Gasteiger partial charge in [-0.15, -0.1) is 0 Å². The zero-order valence-corrected chi connectivity index (χ0v) is 12.7. The molecule has 5 nitrogen and oxygen atoms in total. The number of nitrogens with zero attached hydrogens (tertiary/aromatic N) is 3. The monoisotopic (exact) mass is 298 g/mol. The first kappa shape index (κ1) is 14.6. The van der Waals surface area contributed by atoms with Gasteiger partial charge in [-0.1, -0.05) is 25.3 Å². The van der Waals surface area contributed by atoms with Crippen LogP contribution in [0, 0.1) is 0 Å². The molecule has 0 aliphatic carbocycles. The van der Waals surface area contributed by atoms with E-state index in [2.05, 4.69) is 10.4 Å². The van der Waals surface area contributed by atoms with Crippen molar-refractivity contribution in [3.05, 3.63) is 42.7 Å². The van der Waals surface area contributed by atoms with E-state index in [1.165, 1.54) is 19.3 Å². The zero-order valence-electron chi connectivity index (χ0n) is 12.7. The van der Waals surface area contributed by atoms with Gasteiger partial charge in [-0.2, -0.15) is 5.10 Å². The molecule has 1 aliphatic heterocycles. The molecule has 5 heteroatoms. The number of hydrogen-bond donors (Lipinski definition) is 1. The molecule has 1 saturated heterocycles. The Labute approximate surface area is 130 Å². The van der Waals surface area contributed by atoms with Crippen LogP contribution in [0.3, 0.4) is 0 Å². The molecule has 1 fully saturated rings. The molecule has 0 unspecified atom stereocenters. The third-order valence-electron chi connectivity index (χ3n) is 4.01. The summed E-state index contributed by atoms with van der Waals surface area (Å²) >= 11 is 0. The molecule has 2 heterocycles. The van der Waals surface area contributed by atoms with E-state index in [9.17, 15) is 4.79 Å². The summed E-state index contributed by atoms with van der Waals surface area (Å²) in [5, 5.41) is 7.22. The number of nitrogens with one attached hydrogen (secondary N) is 1. The van der Waals surface area contributed by atoms with Crippen molar-refractivity contribution < 1.29 is 4.79 Å². The van der Waals surface area contributed by atoms with Crippen molar-refractivity contribution in [2.45, 2.75) is 32.1 Å². The normalized spacial score (nSPS) is 15.9. The minimum Gasteiger partial charge on any atom is -0.325 e. The fourth-order valence-corrected chi connectivity index (χ4v) is 2.80. The largest absolute Gasteiger partial charge is 0.325 e. The van der Waals surface area contributed by atoms with E-state index < -0.39 is 0 Å². The van der Waals surface area contributed by atoms with E-state index in [4.69, 9.17) is 0 Å². The quantitative estimate of drug-likeness (QED) is 0.919. The van der Waals surface area contributed by atoms with Gasteiger partial charge < -0.3 is 10.2 Å². The molecule has 2 amide bonds. The van der Waals surface area contributed by atoms with Gasteiger partial charge in [-0.3, -0.25) is 0 Å². The lowest BCUT2D eigenvalue weighted by Gasteiger charge is -2.25. The second kappa shape index (κ2) is 7.11. The fourth-order valence-electron chi connectivity index (χ4n) is 2.80. The number of carbonyl (C=O) groups is 1. The van der Waals surface area contributed by atoms with Crippen LogP contribution in [-0.4, -0.2) is 33.8 Å². The van der Waals surface area contributed by atoms with Gasteiger partial charge in [0.2, 0.25) is 0 Å². The van der Waals surface area contributed by atoms with Crippen LogP contribution in [0.25, 0.3) is 5.69 Å². The third-order valence-corrected chi connectivity index (χ3v) is 4.01. The van der Waals surface area contributed by atoms with Crippen molar-refractivity contribution in [2.24, 2.45) is 0 Å². The summed E-state index contributed by atoms with van der Waals surface area (Å²) in [5.74, 6) is 0. The van der Waals surface area contributed by atoms with E-state index in [1.807, 2.05) is 41.4 Å². The second-order valence-electron chi connectivity index (χ2n) is 5.69. The third kappa shape index (κ3) is 3.67. The Morgan fingerprint density at radius 3 is 2.55 bits per heavy atom. The summed E-state index contributed by atoms with van der Waals surface area (Å²) in [5.41, 5.74) is 1.75. The van der Waals surface area contributed by atoms with Crippen molar-refractivity contribution in [3.8, 4) is 5.69 Å². The molecule has 0 atom stereocenters. The lowest BCUT2D eigenvalue weighted by atomic mass is 10.1. The molecular formula is C17H22N4O. The molecule has 3 rings (SSSR count). The Hall–Kier alpha value is -2.30. The maximum absolute atomic E-state index is 12.4. The highest BCUT2D eigenvalue weighted by molar-refractivity contribution is 5.89. The van der Waals surface area contributed by atoms with Crippen LogP contribution in [0.5, 0.6) is 0 Å². The van der Waals surface area contributed by atoms with Crippen LogP contribution in [0.15, 0.2) is 42.7 Å². The smallest absolute Gasteiger partial charge is 0.321 e. The van der Waals surface area contributed by atoms with Crippen LogP contribution in [0.4, 0.5) is 10.5 Å². The van der Waals surface area contributed by atoms with Crippen LogP contribution >= 0.6 is 0 Å². The maximum Gasteiger partial charge on any atom is 0.321 e. The van der Waals surface area contributed by atoms with Crippen molar-refractivity contribution in [1.29, 1.82) is 0 Å². The Morgan fingerprint density at radius 1 is 1.05 bits per heavy atom. The van der Waals surface area contributed by atoms with Crippen LogP contribution in [0.2, 0.25) is 0 Å². The Kier molecular flexibility index (Phi) is 4.73. The van der Waals surface area contributed by atoms with E-state index in [1.54, 1.807) is 10.9 Å². The molecule has 1 aliphatic rings. The summed E-state index contributed by atoms with van der Waals surface area (Å²) in [6.45, 7) is 1.70. The summed E-state index contributed by atoms with van der Waals surface area (Å²) < 4.78 is 1.78. The highest BCUT2D eigenvalue weighted by Gasteiger charge is 2.14. The maximum atomic E-state index is 12.4. The summed E-state index contributed by atoms with van der Waals surface area (Å²) in [6, 6.07) is 9.63. The zero-order chi connectivity index (χ0) is 15.2. The molecule has 0 radical (unpaired) electrons. The van der Waals surface area contributed by atoms with E-state index >= 15 is 0 Å². The molecule has 1 aromatic heterocycles. The Morgan fingerprint density at radius 2 is 1.82 bits per heavy atom. The fraction of sp³-hybridized carbons (Fsp3) is 0.412. The van der Waals surface area contributed by atoms with Crippen LogP contribution in [0.1, 0.15) is 32.1 Å². The van der Waals surface area contributed by atoms with Crippen molar-refractivity contribution in [1.82, 2.24) is 14.7 Å². The Bertz CT molecular complexity index is 601. The van der Waals surface area contributed by atoms with Gasteiger partial charge >= 0.3 is 6.03 Å². The summed E-state index contributed by atoms with van der Waals surface area (Å²) in [7, 11) is 0. The summed E-state index contributed by atoms with van der Waals surface area (Å²) in [4.78, 5) is 14.4. The number of amides is 2. The molecule has 0 spiro atoms. The Balaban J connectivity index is 1.67. The highest BCUT2D eigenvalue weighted by Crippen LogP contribution is 2.16. The first-order valence-electron chi connectivity index (χ1n) is 7.99. The first-order chi connectivity index (χ1) is 10.8. The molecule has 22 heavy (non-hydrogen) atoms. The predicted octanol–water partition coefficient (Wildman–Crippen LogP) is 3.67. The average molecular weight is 298 g/mol. The number of benzene rings is 1. The van der Waals surface area contributed by atoms with Crippen molar-refractivity contribution in [3.63, 3.8) is 0 Å². The number of aromatic nitrogens is 2. The van der Waals surface area contributed by atoms with Gasteiger partial charge in [0, 0.05) is 31.2 Å². The van der Waals surface area contributed by atoms with Gasteiger partial charge in [-0.25, -0.2) is 9.48 Å². The van der Waals surface area contributed by atoms with E-state index in [-0.39, 0.29) is 6.03 Å². The van der Waals surface area contributed by atoms with Gasteiger partial charge in [0.15, 0.2) is 0 Å². The number of hydrogen-bond acceptors (Lipinski definition) is 2. The van der Waals surface area contributed by atoms with E-state index in [0.29, 0.717) is 0 Å². The molecule has 2 aromatic rings. The van der Waals surface area contributed by atoms with E-state index in [0.717, 1.165) is 37.3 Å². The SMILES string of the molecule is O=C(Nc1cccc(-n2cccn2)c1)N1CCCCCCC1. The van der Waals surface area contributed by atoms with Gasteiger partial charge in [0.1, 0.15) is 0 Å². The first-order valence-corrected chi connectivity index (χ1v) is 7.99. The average Bonchev–Trinajstić information content (AvgIpc) is 3.01. The van der Waals surface area contributed by atoms with Crippen LogP contribution in [-0.2, 0) is 0 Å². The molecule has 116 valence electrons. The molecule has 0 bridgehead atoms.